The minimum absolute atomic E-state index is 0.245. The Labute approximate surface area is 157 Å². The molecular weight excluding hydrogens is 381 g/mol. The predicted molar refractivity (Wildman–Crippen MR) is 102 cm³/mol. The van der Waals surface area contributed by atoms with Crippen molar-refractivity contribution in [2.24, 2.45) is 0 Å². The van der Waals surface area contributed by atoms with Gasteiger partial charge in [0.05, 0.1) is 21.0 Å². The summed E-state index contributed by atoms with van der Waals surface area (Å²) in [7, 11) is -3.23. The lowest BCUT2D eigenvalue weighted by atomic mass is 10.1. The van der Waals surface area contributed by atoms with Crippen LogP contribution in [0.5, 0.6) is 0 Å². The van der Waals surface area contributed by atoms with Crippen LogP contribution in [0.15, 0.2) is 53.4 Å². The molecule has 0 saturated heterocycles. The van der Waals surface area contributed by atoms with Gasteiger partial charge in [0.2, 0.25) is 5.91 Å². The summed E-state index contributed by atoms with van der Waals surface area (Å²) in [5.74, 6) is -0.272. The molecule has 0 aliphatic rings. The Kier molecular flexibility index (Phi) is 6.27. The highest BCUT2D eigenvalue weighted by Gasteiger charge is 2.10. The van der Waals surface area contributed by atoms with Crippen LogP contribution < -0.4 is 5.32 Å². The van der Waals surface area contributed by atoms with Crippen molar-refractivity contribution in [2.75, 3.05) is 6.26 Å². The van der Waals surface area contributed by atoms with E-state index >= 15 is 0 Å². The van der Waals surface area contributed by atoms with Crippen LogP contribution in [0.3, 0.4) is 0 Å². The number of carbonyl (C=O) groups excluding carboxylic acids is 1. The first kappa shape index (κ1) is 19.5. The molecule has 2 aromatic carbocycles. The Morgan fingerprint density at radius 1 is 1.08 bits per heavy atom. The molecule has 1 N–H and O–H groups in total. The second-order valence-corrected chi connectivity index (χ2v) is 8.41. The largest absolute Gasteiger partial charge is 0.346 e. The molecule has 0 bridgehead atoms. The highest BCUT2D eigenvalue weighted by Crippen LogP contribution is 2.23. The third-order valence-electron chi connectivity index (χ3n) is 3.54. The van der Waals surface area contributed by atoms with E-state index in [1.54, 1.807) is 36.4 Å². The Hall–Kier alpha value is -1.82. The molecule has 4 nitrogen and oxygen atoms in total. The van der Waals surface area contributed by atoms with Crippen LogP contribution in [-0.4, -0.2) is 20.6 Å². The number of amides is 1. The van der Waals surface area contributed by atoms with Gasteiger partial charge in [-0.05, 0) is 48.4 Å². The highest BCUT2D eigenvalue weighted by molar-refractivity contribution is 7.90. The Balaban J connectivity index is 2.02. The van der Waals surface area contributed by atoms with E-state index in [9.17, 15) is 13.2 Å². The van der Waals surface area contributed by atoms with Crippen LogP contribution in [0.1, 0.15) is 24.1 Å². The van der Waals surface area contributed by atoms with Gasteiger partial charge in [0.15, 0.2) is 9.84 Å². The normalized spacial score (nSPS) is 13.0. The summed E-state index contributed by atoms with van der Waals surface area (Å²) in [6, 6.07) is 11.2. The molecule has 25 heavy (non-hydrogen) atoms. The second kappa shape index (κ2) is 8.04. The van der Waals surface area contributed by atoms with Crippen molar-refractivity contribution < 1.29 is 13.2 Å². The molecule has 0 aromatic heterocycles. The summed E-state index contributed by atoms with van der Waals surface area (Å²) < 4.78 is 22.9. The monoisotopic (exact) mass is 397 g/mol. The van der Waals surface area contributed by atoms with Gasteiger partial charge in [0.25, 0.3) is 0 Å². The van der Waals surface area contributed by atoms with Crippen LogP contribution in [0.2, 0.25) is 10.0 Å². The quantitative estimate of drug-likeness (QED) is 0.765. The molecule has 0 heterocycles. The van der Waals surface area contributed by atoms with Crippen molar-refractivity contribution in [2.45, 2.75) is 17.9 Å². The summed E-state index contributed by atoms with van der Waals surface area (Å²) in [4.78, 5) is 12.3. The molecule has 1 atom stereocenters. The number of halogens is 2. The first-order chi connectivity index (χ1) is 11.7. The van der Waals surface area contributed by atoms with Gasteiger partial charge in [0, 0.05) is 12.3 Å². The standard InChI is InChI=1S/C18H17Cl2NO3S/c1-12(14-5-7-15(8-6-14)25(2,23)24)21-18(22)10-4-13-3-9-16(19)17(20)11-13/h3-12H,1-2H3,(H,21,22)/b10-4+. The van der Waals surface area contributed by atoms with E-state index in [0.29, 0.717) is 10.0 Å². The fraction of sp³-hybridized carbons (Fsp3) is 0.167. The van der Waals surface area contributed by atoms with Gasteiger partial charge < -0.3 is 5.32 Å². The first-order valence-corrected chi connectivity index (χ1v) is 10.0. The average Bonchev–Trinajstić information content (AvgIpc) is 2.55. The molecule has 0 spiro atoms. The molecule has 2 rings (SSSR count). The van der Waals surface area contributed by atoms with Gasteiger partial charge in [-0.15, -0.1) is 0 Å². The van der Waals surface area contributed by atoms with E-state index in [-0.39, 0.29) is 16.8 Å². The van der Waals surface area contributed by atoms with Crippen molar-refractivity contribution in [1.82, 2.24) is 5.32 Å². The number of benzene rings is 2. The average molecular weight is 398 g/mol. The zero-order valence-electron chi connectivity index (χ0n) is 13.7. The highest BCUT2D eigenvalue weighted by atomic mass is 35.5. The molecule has 0 saturated carbocycles. The van der Waals surface area contributed by atoms with Gasteiger partial charge in [-0.25, -0.2) is 8.42 Å². The SMILES string of the molecule is CC(NC(=O)/C=C/c1ccc(Cl)c(Cl)c1)c1ccc(S(C)(=O)=O)cc1. The summed E-state index contributed by atoms with van der Waals surface area (Å²) in [6.07, 6.45) is 4.19. The maximum atomic E-state index is 12.0. The summed E-state index contributed by atoms with van der Waals surface area (Å²) in [6.45, 7) is 1.82. The molecule has 132 valence electrons. The molecule has 0 aliphatic heterocycles. The molecule has 0 fully saturated rings. The van der Waals surface area contributed by atoms with E-state index in [2.05, 4.69) is 5.32 Å². The van der Waals surface area contributed by atoms with Crippen molar-refractivity contribution in [1.29, 1.82) is 0 Å². The van der Waals surface area contributed by atoms with Crippen LogP contribution in [0.25, 0.3) is 6.08 Å². The minimum atomic E-state index is -3.23. The van der Waals surface area contributed by atoms with E-state index in [0.717, 1.165) is 17.4 Å². The Morgan fingerprint density at radius 3 is 2.28 bits per heavy atom. The number of hydrogen-bond acceptors (Lipinski definition) is 3. The van der Waals surface area contributed by atoms with Crippen LogP contribution in [-0.2, 0) is 14.6 Å². The fourth-order valence-corrected chi connectivity index (χ4v) is 3.07. The Bertz CT molecular complexity index is 906. The number of sulfone groups is 1. The van der Waals surface area contributed by atoms with E-state index in [1.165, 1.54) is 18.2 Å². The van der Waals surface area contributed by atoms with Crippen LogP contribution in [0.4, 0.5) is 0 Å². The number of hydrogen-bond donors (Lipinski definition) is 1. The zero-order chi connectivity index (χ0) is 18.6. The molecule has 2 aromatic rings. The van der Waals surface area contributed by atoms with E-state index in [1.807, 2.05) is 6.92 Å². The first-order valence-electron chi connectivity index (χ1n) is 7.40. The van der Waals surface area contributed by atoms with Gasteiger partial charge in [-0.2, -0.15) is 0 Å². The number of rotatable bonds is 5. The van der Waals surface area contributed by atoms with Gasteiger partial charge >= 0.3 is 0 Å². The fourth-order valence-electron chi connectivity index (χ4n) is 2.14. The van der Waals surface area contributed by atoms with Gasteiger partial charge in [0.1, 0.15) is 0 Å². The lowest BCUT2D eigenvalue weighted by Crippen LogP contribution is -2.24. The molecule has 1 unspecified atom stereocenters. The summed E-state index contributed by atoms with van der Waals surface area (Å²) in [5, 5.41) is 3.69. The minimum Gasteiger partial charge on any atom is -0.346 e. The third kappa shape index (κ3) is 5.59. The van der Waals surface area contributed by atoms with Gasteiger partial charge in [-0.3, -0.25) is 4.79 Å². The number of nitrogens with one attached hydrogen (secondary N) is 1. The van der Waals surface area contributed by atoms with Crippen LogP contribution >= 0.6 is 23.2 Å². The zero-order valence-corrected chi connectivity index (χ0v) is 16.0. The summed E-state index contributed by atoms with van der Waals surface area (Å²) in [5.41, 5.74) is 1.57. The van der Waals surface area contributed by atoms with E-state index in [4.69, 9.17) is 23.2 Å². The predicted octanol–water partition coefficient (Wildman–Crippen LogP) is 4.29. The maximum Gasteiger partial charge on any atom is 0.244 e. The number of carbonyl (C=O) groups is 1. The topological polar surface area (TPSA) is 63.2 Å². The molecule has 7 heteroatoms. The van der Waals surface area contributed by atoms with Crippen molar-refractivity contribution in [3.05, 3.63) is 69.7 Å². The maximum absolute atomic E-state index is 12.0. The molecule has 1 amide bonds. The van der Waals surface area contributed by atoms with E-state index < -0.39 is 9.84 Å². The van der Waals surface area contributed by atoms with Crippen molar-refractivity contribution in [3.63, 3.8) is 0 Å². The van der Waals surface area contributed by atoms with Crippen molar-refractivity contribution >= 4 is 45.0 Å². The van der Waals surface area contributed by atoms with Crippen LogP contribution in [0, 0.1) is 0 Å². The second-order valence-electron chi connectivity index (χ2n) is 5.58. The molecule has 0 radical (unpaired) electrons. The lowest BCUT2D eigenvalue weighted by Gasteiger charge is -2.13. The third-order valence-corrected chi connectivity index (χ3v) is 5.41. The van der Waals surface area contributed by atoms with Gasteiger partial charge in [-0.1, -0.05) is 41.4 Å². The summed E-state index contributed by atoms with van der Waals surface area (Å²) >= 11 is 11.8. The smallest absolute Gasteiger partial charge is 0.244 e. The lowest BCUT2D eigenvalue weighted by molar-refractivity contribution is -0.117. The Morgan fingerprint density at radius 2 is 1.72 bits per heavy atom. The molecular formula is C18H17Cl2NO3S. The molecule has 0 aliphatic carbocycles. The van der Waals surface area contributed by atoms with Crippen molar-refractivity contribution in [3.8, 4) is 0 Å².